The maximum atomic E-state index is 8.81. The van der Waals surface area contributed by atoms with Crippen LogP contribution in [0.3, 0.4) is 0 Å². The van der Waals surface area contributed by atoms with Gasteiger partial charge in [0.2, 0.25) is 0 Å². The lowest BCUT2D eigenvalue weighted by Crippen LogP contribution is -2.47. The SMILES string of the molecule is [C-]#[N+]c1ccc(OCCN2CCN(CCCOc3ccc(C#N)cc3)CC2)cc1. The molecular formula is C23H26N4O2. The Morgan fingerprint density at radius 2 is 1.38 bits per heavy atom. The highest BCUT2D eigenvalue weighted by atomic mass is 16.5. The fourth-order valence-electron chi connectivity index (χ4n) is 3.25. The Hall–Kier alpha value is -3.06. The zero-order chi connectivity index (χ0) is 20.3. The Bertz CT molecular complexity index is 829. The molecule has 29 heavy (non-hydrogen) atoms. The van der Waals surface area contributed by atoms with Gasteiger partial charge in [-0.25, -0.2) is 4.85 Å². The van der Waals surface area contributed by atoms with Crippen LogP contribution in [0, 0.1) is 17.9 Å². The van der Waals surface area contributed by atoms with Crippen LogP contribution in [0.2, 0.25) is 0 Å². The first-order chi connectivity index (χ1) is 14.3. The summed E-state index contributed by atoms with van der Waals surface area (Å²) in [6, 6.07) is 16.6. The molecule has 1 fully saturated rings. The van der Waals surface area contributed by atoms with E-state index in [-0.39, 0.29) is 0 Å². The van der Waals surface area contributed by atoms with E-state index in [9.17, 15) is 0 Å². The van der Waals surface area contributed by atoms with Crippen molar-refractivity contribution in [1.82, 2.24) is 9.80 Å². The van der Waals surface area contributed by atoms with Gasteiger partial charge in [0.25, 0.3) is 0 Å². The summed E-state index contributed by atoms with van der Waals surface area (Å²) in [5, 5.41) is 8.81. The normalized spacial score (nSPS) is 14.7. The average molecular weight is 390 g/mol. The molecule has 0 saturated carbocycles. The van der Waals surface area contributed by atoms with Gasteiger partial charge in [-0.15, -0.1) is 0 Å². The van der Waals surface area contributed by atoms with Crippen molar-refractivity contribution in [2.24, 2.45) is 0 Å². The van der Waals surface area contributed by atoms with E-state index >= 15 is 0 Å². The Balaban J connectivity index is 1.25. The number of ether oxygens (including phenoxy) is 2. The summed E-state index contributed by atoms with van der Waals surface area (Å²) < 4.78 is 11.5. The van der Waals surface area contributed by atoms with Gasteiger partial charge in [0.05, 0.1) is 24.8 Å². The third kappa shape index (κ3) is 6.80. The molecular weight excluding hydrogens is 364 g/mol. The van der Waals surface area contributed by atoms with Crippen LogP contribution in [0.15, 0.2) is 48.5 Å². The smallest absolute Gasteiger partial charge is 0.187 e. The molecule has 1 aliphatic rings. The average Bonchev–Trinajstić information content (AvgIpc) is 2.78. The molecule has 1 heterocycles. The number of piperazine rings is 1. The number of rotatable bonds is 9. The van der Waals surface area contributed by atoms with E-state index in [1.165, 1.54) is 0 Å². The number of benzene rings is 2. The summed E-state index contributed by atoms with van der Waals surface area (Å²) in [6.07, 6.45) is 0.990. The van der Waals surface area contributed by atoms with Gasteiger partial charge >= 0.3 is 0 Å². The first-order valence-electron chi connectivity index (χ1n) is 9.95. The molecule has 0 unspecified atom stereocenters. The fraction of sp³-hybridized carbons (Fsp3) is 0.391. The van der Waals surface area contributed by atoms with Gasteiger partial charge in [-0.05, 0) is 42.8 Å². The van der Waals surface area contributed by atoms with Gasteiger partial charge in [0, 0.05) is 39.3 Å². The van der Waals surface area contributed by atoms with Crippen LogP contribution in [0.5, 0.6) is 11.5 Å². The lowest BCUT2D eigenvalue weighted by atomic mass is 10.2. The second-order valence-electron chi connectivity index (χ2n) is 6.98. The molecule has 6 heteroatoms. The number of nitrogens with zero attached hydrogens (tertiary/aromatic N) is 4. The number of nitriles is 1. The highest BCUT2D eigenvalue weighted by Crippen LogP contribution is 2.17. The number of hydrogen-bond donors (Lipinski definition) is 0. The maximum absolute atomic E-state index is 8.81. The van der Waals surface area contributed by atoms with Gasteiger partial charge in [0.15, 0.2) is 5.69 Å². The van der Waals surface area contributed by atoms with Crippen LogP contribution in [0.25, 0.3) is 4.85 Å². The molecule has 0 aromatic heterocycles. The summed E-state index contributed by atoms with van der Waals surface area (Å²) >= 11 is 0. The molecule has 0 amide bonds. The first-order valence-corrected chi connectivity index (χ1v) is 9.95. The minimum Gasteiger partial charge on any atom is -0.494 e. The van der Waals surface area contributed by atoms with E-state index in [1.807, 2.05) is 24.3 Å². The standard InChI is InChI=1S/C23H26N4O2/c1-25-21-5-9-23(10-6-21)29-18-16-27-14-12-26(13-15-27)11-2-17-28-22-7-3-20(19-24)4-8-22/h3-10H,2,11-18H2. The van der Waals surface area contributed by atoms with Crippen LogP contribution >= 0.6 is 0 Å². The summed E-state index contributed by atoms with van der Waals surface area (Å²) in [6.45, 7) is 14.5. The summed E-state index contributed by atoms with van der Waals surface area (Å²) in [7, 11) is 0. The topological polar surface area (TPSA) is 53.1 Å². The molecule has 0 N–H and O–H groups in total. The van der Waals surface area contributed by atoms with Crippen molar-refractivity contribution in [3.05, 3.63) is 65.5 Å². The molecule has 1 aliphatic heterocycles. The minimum absolute atomic E-state index is 0.635. The largest absolute Gasteiger partial charge is 0.494 e. The van der Waals surface area contributed by atoms with Gasteiger partial charge in [-0.2, -0.15) is 5.26 Å². The quantitative estimate of drug-likeness (QED) is 0.484. The molecule has 0 atom stereocenters. The van der Waals surface area contributed by atoms with Crippen molar-refractivity contribution in [1.29, 1.82) is 5.26 Å². The van der Waals surface area contributed by atoms with Crippen LogP contribution in [-0.4, -0.2) is 62.3 Å². The van der Waals surface area contributed by atoms with E-state index in [0.29, 0.717) is 24.5 Å². The molecule has 0 spiro atoms. The van der Waals surface area contributed by atoms with E-state index in [4.69, 9.17) is 21.3 Å². The third-order valence-corrected chi connectivity index (χ3v) is 4.98. The Labute approximate surface area is 172 Å². The van der Waals surface area contributed by atoms with Crippen LogP contribution in [-0.2, 0) is 0 Å². The van der Waals surface area contributed by atoms with Gasteiger partial charge in [-0.1, -0.05) is 12.1 Å². The van der Waals surface area contributed by atoms with Crippen LogP contribution in [0.4, 0.5) is 5.69 Å². The predicted octanol–water partition coefficient (Wildman–Crippen LogP) is 3.57. The monoisotopic (exact) mass is 390 g/mol. The van der Waals surface area contributed by atoms with Crippen molar-refractivity contribution in [2.75, 3.05) is 52.5 Å². The third-order valence-electron chi connectivity index (χ3n) is 4.98. The number of hydrogen-bond acceptors (Lipinski definition) is 5. The van der Waals surface area contributed by atoms with Gasteiger partial charge < -0.3 is 14.4 Å². The highest BCUT2D eigenvalue weighted by molar-refractivity contribution is 5.46. The van der Waals surface area contributed by atoms with Crippen LogP contribution < -0.4 is 9.47 Å². The zero-order valence-corrected chi connectivity index (χ0v) is 16.6. The minimum atomic E-state index is 0.635. The predicted molar refractivity (Wildman–Crippen MR) is 112 cm³/mol. The van der Waals surface area contributed by atoms with Gasteiger partial charge in [-0.3, -0.25) is 4.90 Å². The molecule has 0 aliphatic carbocycles. The second-order valence-corrected chi connectivity index (χ2v) is 6.98. The summed E-state index contributed by atoms with van der Waals surface area (Å²) in [4.78, 5) is 8.29. The highest BCUT2D eigenvalue weighted by Gasteiger charge is 2.16. The molecule has 3 rings (SSSR count). The van der Waals surface area contributed by atoms with E-state index in [0.717, 1.165) is 57.2 Å². The maximum Gasteiger partial charge on any atom is 0.187 e. The lowest BCUT2D eigenvalue weighted by molar-refractivity contribution is 0.112. The molecule has 0 radical (unpaired) electrons. The van der Waals surface area contributed by atoms with E-state index in [2.05, 4.69) is 20.7 Å². The van der Waals surface area contributed by atoms with Crippen molar-refractivity contribution in [2.45, 2.75) is 6.42 Å². The van der Waals surface area contributed by atoms with Crippen molar-refractivity contribution in [3.8, 4) is 17.6 Å². The van der Waals surface area contributed by atoms with Crippen molar-refractivity contribution < 1.29 is 9.47 Å². The summed E-state index contributed by atoms with van der Waals surface area (Å²) in [5.41, 5.74) is 1.29. The molecule has 1 saturated heterocycles. The van der Waals surface area contributed by atoms with Crippen molar-refractivity contribution in [3.63, 3.8) is 0 Å². The Morgan fingerprint density at radius 1 is 0.828 bits per heavy atom. The van der Waals surface area contributed by atoms with E-state index in [1.54, 1.807) is 24.3 Å². The summed E-state index contributed by atoms with van der Waals surface area (Å²) in [5.74, 6) is 1.64. The second kappa shape index (κ2) is 11.1. The fourth-order valence-corrected chi connectivity index (χ4v) is 3.25. The van der Waals surface area contributed by atoms with Crippen LogP contribution in [0.1, 0.15) is 12.0 Å². The van der Waals surface area contributed by atoms with E-state index < -0.39 is 0 Å². The molecule has 6 nitrogen and oxygen atoms in total. The Kier molecular flexibility index (Phi) is 7.89. The molecule has 0 bridgehead atoms. The van der Waals surface area contributed by atoms with Crippen molar-refractivity contribution >= 4 is 5.69 Å². The Morgan fingerprint density at radius 3 is 1.97 bits per heavy atom. The van der Waals surface area contributed by atoms with Gasteiger partial charge in [0.1, 0.15) is 18.1 Å². The lowest BCUT2D eigenvalue weighted by Gasteiger charge is -2.34. The molecule has 2 aromatic rings. The molecule has 150 valence electrons. The first kappa shape index (κ1) is 20.7. The molecule has 2 aromatic carbocycles. The zero-order valence-electron chi connectivity index (χ0n) is 16.6.